The third-order valence-corrected chi connectivity index (χ3v) is 5.10. The van der Waals surface area contributed by atoms with Gasteiger partial charge in [0.2, 0.25) is 0 Å². The summed E-state index contributed by atoms with van der Waals surface area (Å²) in [4.78, 5) is 30.7. The van der Waals surface area contributed by atoms with Crippen molar-refractivity contribution in [2.24, 2.45) is 0 Å². The Morgan fingerprint density at radius 1 is 0.968 bits per heavy atom. The Bertz CT molecular complexity index is 1290. The molecule has 7 heteroatoms. The first-order chi connectivity index (χ1) is 15.1. The molecule has 0 fully saturated rings. The minimum atomic E-state index is -0.569. The second-order valence-corrected chi connectivity index (χ2v) is 7.11. The van der Waals surface area contributed by atoms with Gasteiger partial charge >= 0.3 is 0 Å². The molecule has 0 unspecified atom stereocenters. The van der Waals surface area contributed by atoms with Gasteiger partial charge in [-0.05, 0) is 24.6 Å². The van der Waals surface area contributed by atoms with Crippen LogP contribution in [0.5, 0.6) is 0 Å². The summed E-state index contributed by atoms with van der Waals surface area (Å²) in [7, 11) is 0. The van der Waals surface area contributed by atoms with Crippen molar-refractivity contribution >= 4 is 23.2 Å². The first-order valence-corrected chi connectivity index (χ1v) is 10.2. The van der Waals surface area contributed by atoms with E-state index in [-0.39, 0.29) is 10.7 Å². The Labute approximate surface area is 184 Å². The topological polar surface area (TPSA) is 76.9 Å². The van der Waals surface area contributed by atoms with E-state index in [1.54, 1.807) is 12.1 Å². The Balaban J connectivity index is 2.00. The molecule has 0 spiro atoms. The molecule has 0 bridgehead atoms. The molecule has 31 heavy (non-hydrogen) atoms. The van der Waals surface area contributed by atoms with E-state index in [1.807, 2.05) is 67.6 Å². The summed E-state index contributed by atoms with van der Waals surface area (Å²) >= 11 is 6.12. The van der Waals surface area contributed by atoms with Gasteiger partial charge in [-0.3, -0.25) is 9.59 Å². The Hall–Kier alpha value is -3.77. The first kappa shape index (κ1) is 20.5. The molecule has 2 aromatic carbocycles. The molecule has 1 amide bonds. The van der Waals surface area contributed by atoms with Gasteiger partial charge in [0.25, 0.3) is 11.5 Å². The Kier molecular flexibility index (Phi) is 5.91. The van der Waals surface area contributed by atoms with Crippen LogP contribution in [0.25, 0.3) is 22.4 Å². The zero-order valence-corrected chi connectivity index (χ0v) is 17.5. The Morgan fingerprint density at radius 3 is 2.23 bits per heavy atom. The SMILES string of the molecule is CCn1nc(-c2ccccc2)c(-c2ccccc2)c(C(=O)Nc2cccnc2Cl)c1=O. The van der Waals surface area contributed by atoms with Gasteiger partial charge in [0.1, 0.15) is 5.56 Å². The summed E-state index contributed by atoms with van der Waals surface area (Å²) in [6.45, 7) is 2.13. The van der Waals surface area contributed by atoms with Gasteiger partial charge in [-0.15, -0.1) is 0 Å². The number of nitrogens with zero attached hydrogens (tertiary/aromatic N) is 3. The minimum absolute atomic E-state index is 0.00169. The smallest absolute Gasteiger partial charge is 0.280 e. The molecule has 0 aliphatic heterocycles. The molecule has 4 aromatic rings. The van der Waals surface area contributed by atoms with Crippen molar-refractivity contribution in [1.82, 2.24) is 14.8 Å². The highest BCUT2D eigenvalue weighted by Gasteiger charge is 2.25. The van der Waals surface area contributed by atoms with Gasteiger partial charge in [0, 0.05) is 23.9 Å². The monoisotopic (exact) mass is 430 g/mol. The molecule has 154 valence electrons. The van der Waals surface area contributed by atoms with E-state index < -0.39 is 11.5 Å². The highest BCUT2D eigenvalue weighted by molar-refractivity contribution is 6.32. The van der Waals surface area contributed by atoms with Crippen LogP contribution in [0.15, 0.2) is 83.8 Å². The molecule has 4 rings (SSSR count). The van der Waals surface area contributed by atoms with Crippen LogP contribution in [0.2, 0.25) is 5.15 Å². The number of halogens is 1. The van der Waals surface area contributed by atoms with Gasteiger partial charge in [-0.1, -0.05) is 72.3 Å². The second-order valence-electron chi connectivity index (χ2n) is 6.75. The lowest BCUT2D eigenvalue weighted by Crippen LogP contribution is -2.32. The van der Waals surface area contributed by atoms with E-state index in [1.165, 1.54) is 10.9 Å². The van der Waals surface area contributed by atoms with Gasteiger partial charge in [0.15, 0.2) is 5.15 Å². The molecule has 0 aliphatic rings. The average molecular weight is 431 g/mol. The van der Waals surface area contributed by atoms with E-state index in [0.717, 1.165) is 11.1 Å². The third-order valence-electron chi connectivity index (χ3n) is 4.80. The lowest BCUT2D eigenvalue weighted by molar-refractivity contribution is 0.102. The molecule has 0 aliphatic carbocycles. The lowest BCUT2D eigenvalue weighted by atomic mass is 9.95. The molecule has 2 heterocycles. The number of nitrogens with one attached hydrogen (secondary N) is 1. The molecule has 0 saturated heterocycles. The number of pyridine rings is 1. The highest BCUT2D eigenvalue weighted by Crippen LogP contribution is 2.32. The number of anilines is 1. The summed E-state index contributed by atoms with van der Waals surface area (Å²) in [5.74, 6) is -0.569. The highest BCUT2D eigenvalue weighted by atomic mass is 35.5. The third kappa shape index (κ3) is 4.11. The maximum atomic E-state index is 13.4. The van der Waals surface area contributed by atoms with Crippen LogP contribution < -0.4 is 10.9 Å². The summed E-state index contributed by atoms with van der Waals surface area (Å²) in [6, 6.07) is 22.1. The van der Waals surface area contributed by atoms with Crippen LogP contribution in [0.3, 0.4) is 0 Å². The summed E-state index contributed by atoms with van der Waals surface area (Å²) < 4.78 is 1.30. The molecular weight excluding hydrogens is 412 g/mol. The maximum Gasteiger partial charge on any atom is 0.280 e. The maximum absolute atomic E-state index is 13.4. The lowest BCUT2D eigenvalue weighted by Gasteiger charge is -2.17. The summed E-state index contributed by atoms with van der Waals surface area (Å²) in [5, 5.41) is 7.47. The number of aromatic nitrogens is 3. The van der Waals surface area contributed by atoms with Crippen LogP contribution in [-0.2, 0) is 6.54 Å². The van der Waals surface area contributed by atoms with Crippen molar-refractivity contribution in [2.45, 2.75) is 13.5 Å². The molecule has 6 nitrogen and oxygen atoms in total. The average Bonchev–Trinajstić information content (AvgIpc) is 2.81. The van der Waals surface area contributed by atoms with Crippen molar-refractivity contribution in [2.75, 3.05) is 5.32 Å². The van der Waals surface area contributed by atoms with Crippen LogP contribution in [0.1, 0.15) is 17.3 Å². The standard InChI is InChI=1S/C24H19ClN4O2/c1-2-29-24(31)20(23(30)27-18-14-9-15-26-22(18)25)19(16-10-5-3-6-11-16)21(28-29)17-12-7-4-8-13-17/h3-15H,2H2,1H3,(H,27,30). The van der Waals surface area contributed by atoms with Crippen molar-refractivity contribution in [3.05, 3.63) is 100 Å². The zero-order valence-electron chi connectivity index (χ0n) is 16.7. The number of rotatable bonds is 5. The number of carbonyl (C=O) groups excluding carboxylic acids is 1. The van der Waals surface area contributed by atoms with Crippen LogP contribution in [-0.4, -0.2) is 20.7 Å². The van der Waals surface area contributed by atoms with Crippen molar-refractivity contribution in [3.63, 3.8) is 0 Å². The fraction of sp³-hybridized carbons (Fsp3) is 0.0833. The summed E-state index contributed by atoms with van der Waals surface area (Å²) in [5.41, 5.74) is 2.40. The molecule has 0 saturated carbocycles. The van der Waals surface area contributed by atoms with Gasteiger partial charge in [-0.25, -0.2) is 9.67 Å². The molecule has 1 N–H and O–H groups in total. The van der Waals surface area contributed by atoms with E-state index in [4.69, 9.17) is 11.6 Å². The predicted molar refractivity (Wildman–Crippen MR) is 122 cm³/mol. The molecule has 0 radical (unpaired) electrons. The van der Waals surface area contributed by atoms with Crippen molar-refractivity contribution < 1.29 is 4.79 Å². The number of carbonyl (C=O) groups is 1. The number of aryl methyl sites for hydroxylation is 1. The number of amides is 1. The van der Waals surface area contributed by atoms with Gasteiger partial charge in [-0.2, -0.15) is 5.10 Å². The molecule has 0 atom stereocenters. The van der Waals surface area contributed by atoms with Crippen molar-refractivity contribution in [1.29, 1.82) is 0 Å². The van der Waals surface area contributed by atoms with Crippen LogP contribution >= 0.6 is 11.6 Å². The van der Waals surface area contributed by atoms with Gasteiger partial charge in [0.05, 0.1) is 11.4 Å². The van der Waals surface area contributed by atoms with Crippen LogP contribution in [0, 0.1) is 0 Å². The summed E-state index contributed by atoms with van der Waals surface area (Å²) in [6.07, 6.45) is 1.53. The normalized spacial score (nSPS) is 10.6. The largest absolute Gasteiger partial charge is 0.319 e. The predicted octanol–water partition coefficient (Wildman–Crippen LogP) is 4.90. The number of hydrogen-bond acceptors (Lipinski definition) is 4. The zero-order chi connectivity index (χ0) is 21.8. The van der Waals surface area contributed by atoms with E-state index in [2.05, 4.69) is 15.4 Å². The second kappa shape index (κ2) is 8.93. The fourth-order valence-electron chi connectivity index (χ4n) is 3.34. The fourth-order valence-corrected chi connectivity index (χ4v) is 3.51. The molecule has 2 aromatic heterocycles. The minimum Gasteiger partial charge on any atom is -0.319 e. The Morgan fingerprint density at radius 2 is 1.61 bits per heavy atom. The van der Waals surface area contributed by atoms with E-state index in [0.29, 0.717) is 23.5 Å². The van der Waals surface area contributed by atoms with Crippen molar-refractivity contribution in [3.8, 4) is 22.4 Å². The number of hydrogen-bond donors (Lipinski definition) is 1. The van der Waals surface area contributed by atoms with Crippen LogP contribution in [0.4, 0.5) is 5.69 Å². The quantitative estimate of drug-likeness (QED) is 0.457. The van der Waals surface area contributed by atoms with Gasteiger partial charge < -0.3 is 5.32 Å². The van der Waals surface area contributed by atoms with E-state index in [9.17, 15) is 9.59 Å². The number of benzene rings is 2. The first-order valence-electron chi connectivity index (χ1n) is 9.78. The molecular formula is C24H19ClN4O2. The van der Waals surface area contributed by atoms with E-state index >= 15 is 0 Å².